The fourth-order valence-electron chi connectivity index (χ4n) is 1.66. The minimum atomic E-state index is -1.12. The smallest absolute Gasteiger partial charge is 0.337 e. The second-order valence-corrected chi connectivity index (χ2v) is 4.57. The van der Waals surface area contributed by atoms with Gasteiger partial charge in [-0.1, -0.05) is 30.3 Å². The molecule has 0 saturated carbocycles. The van der Waals surface area contributed by atoms with Gasteiger partial charge < -0.3 is 5.11 Å². The number of nitrogens with zero attached hydrogens (tertiary/aromatic N) is 4. The van der Waals surface area contributed by atoms with Gasteiger partial charge in [-0.15, -0.1) is 0 Å². The van der Waals surface area contributed by atoms with Crippen molar-refractivity contribution in [2.45, 2.75) is 13.1 Å². The van der Waals surface area contributed by atoms with Crippen LogP contribution in [0, 0.1) is 0 Å². The van der Waals surface area contributed by atoms with Gasteiger partial charge in [-0.3, -0.25) is 4.79 Å². The molecule has 1 atom stereocenters. The van der Waals surface area contributed by atoms with Crippen LogP contribution in [0.3, 0.4) is 0 Å². The molecule has 116 valence electrons. The van der Waals surface area contributed by atoms with E-state index in [1.54, 1.807) is 36.4 Å². The average molecular weight is 310 g/mol. The van der Waals surface area contributed by atoms with Gasteiger partial charge in [0.25, 0.3) is 0 Å². The van der Waals surface area contributed by atoms with Crippen LogP contribution in [0.1, 0.15) is 17.3 Å². The number of carbonyl (C=O) groups is 2. The van der Waals surface area contributed by atoms with E-state index in [0.29, 0.717) is 5.69 Å². The van der Waals surface area contributed by atoms with Crippen LogP contribution in [-0.2, 0) is 4.79 Å². The summed E-state index contributed by atoms with van der Waals surface area (Å²) in [5, 5.41) is 24.5. The fourth-order valence-corrected chi connectivity index (χ4v) is 1.66. The predicted octanol–water partition coefficient (Wildman–Crippen LogP) is 4.17. The Kier molecular flexibility index (Phi) is 5.40. The molecule has 2 rings (SSSR count). The van der Waals surface area contributed by atoms with Gasteiger partial charge in [0, 0.05) is 0 Å². The Morgan fingerprint density at radius 3 is 2.17 bits per heavy atom. The number of hydrogen-bond acceptors (Lipinski definition) is 6. The molecule has 0 aromatic heterocycles. The summed E-state index contributed by atoms with van der Waals surface area (Å²) in [4.78, 5) is 22.7. The van der Waals surface area contributed by atoms with Gasteiger partial charge >= 0.3 is 5.97 Å². The zero-order chi connectivity index (χ0) is 16.7. The second kappa shape index (κ2) is 7.69. The molecule has 0 aliphatic rings. The lowest BCUT2D eigenvalue weighted by Crippen LogP contribution is -2.10. The van der Waals surface area contributed by atoms with Gasteiger partial charge in [0.05, 0.1) is 16.9 Å². The van der Waals surface area contributed by atoms with Crippen LogP contribution < -0.4 is 0 Å². The molecular weight excluding hydrogens is 296 g/mol. The van der Waals surface area contributed by atoms with Crippen LogP contribution >= 0.6 is 0 Å². The first-order chi connectivity index (χ1) is 11.1. The van der Waals surface area contributed by atoms with E-state index in [1.165, 1.54) is 19.1 Å². The Balaban J connectivity index is 2.22. The van der Waals surface area contributed by atoms with Crippen molar-refractivity contribution in [2.75, 3.05) is 0 Å². The molecule has 0 saturated heterocycles. The molecule has 2 aromatic rings. The highest BCUT2D eigenvalue weighted by Crippen LogP contribution is 2.20. The van der Waals surface area contributed by atoms with Crippen molar-refractivity contribution >= 4 is 23.1 Å². The molecule has 1 unspecified atom stereocenters. The Bertz CT molecular complexity index is 757. The van der Waals surface area contributed by atoms with Crippen molar-refractivity contribution in [3.05, 3.63) is 60.2 Å². The first kappa shape index (κ1) is 16.2. The molecule has 7 nitrogen and oxygen atoms in total. The number of aromatic carboxylic acids is 1. The molecule has 0 aliphatic carbocycles. The molecule has 0 heterocycles. The van der Waals surface area contributed by atoms with Crippen molar-refractivity contribution in [1.82, 2.24) is 0 Å². The van der Waals surface area contributed by atoms with Crippen LogP contribution in [0.5, 0.6) is 0 Å². The van der Waals surface area contributed by atoms with E-state index >= 15 is 0 Å². The van der Waals surface area contributed by atoms with Crippen LogP contribution in [0.2, 0.25) is 0 Å². The third-order valence-corrected chi connectivity index (χ3v) is 2.81. The van der Waals surface area contributed by atoms with E-state index in [-0.39, 0.29) is 17.0 Å². The molecule has 23 heavy (non-hydrogen) atoms. The number of carboxylic acids is 1. The van der Waals surface area contributed by atoms with Crippen molar-refractivity contribution in [2.24, 2.45) is 20.5 Å². The SMILES string of the molecule is CC(=O)C(N=Nc1ccccc1)N=Nc1ccccc1C(=O)O. The number of rotatable bonds is 6. The summed E-state index contributed by atoms with van der Waals surface area (Å²) in [6.45, 7) is 1.32. The van der Waals surface area contributed by atoms with E-state index in [0.717, 1.165) is 0 Å². The quantitative estimate of drug-likeness (QED) is 0.809. The monoisotopic (exact) mass is 310 g/mol. The average Bonchev–Trinajstić information content (AvgIpc) is 2.55. The predicted molar refractivity (Wildman–Crippen MR) is 83.3 cm³/mol. The molecule has 7 heteroatoms. The molecule has 0 aliphatic heterocycles. The summed E-state index contributed by atoms with van der Waals surface area (Å²) in [7, 11) is 0. The minimum absolute atomic E-state index is 0.00134. The Hall–Kier alpha value is -3.22. The zero-order valence-electron chi connectivity index (χ0n) is 12.3. The third kappa shape index (κ3) is 4.63. The summed E-state index contributed by atoms with van der Waals surface area (Å²) in [5.41, 5.74) is 0.736. The fraction of sp³-hybridized carbons (Fsp3) is 0.125. The Morgan fingerprint density at radius 1 is 0.913 bits per heavy atom. The molecule has 1 N–H and O–H groups in total. The number of Topliss-reactive ketones (excluding diaryl/α,β-unsaturated/α-hetero) is 1. The highest BCUT2D eigenvalue weighted by atomic mass is 16.4. The van der Waals surface area contributed by atoms with Gasteiger partial charge in [-0.25, -0.2) is 4.79 Å². The van der Waals surface area contributed by atoms with Gasteiger partial charge in [-0.05, 0) is 31.2 Å². The molecule has 0 radical (unpaired) electrons. The van der Waals surface area contributed by atoms with Crippen LogP contribution in [0.25, 0.3) is 0 Å². The second-order valence-electron chi connectivity index (χ2n) is 4.57. The van der Waals surface area contributed by atoms with Crippen molar-refractivity contribution in [3.63, 3.8) is 0 Å². The Labute approximate surface area is 132 Å². The molecule has 2 aromatic carbocycles. The first-order valence-electron chi connectivity index (χ1n) is 6.77. The van der Waals surface area contributed by atoms with E-state index in [1.807, 2.05) is 6.07 Å². The van der Waals surface area contributed by atoms with Gasteiger partial charge in [0.2, 0.25) is 6.17 Å². The largest absolute Gasteiger partial charge is 0.478 e. The van der Waals surface area contributed by atoms with E-state index in [4.69, 9.17) is 5.11 Å². The van der Waals surface area contributed by atoms with Crippen molar-refractivity contribution in [1.29, 1.82) is 0 Å². The minimum Gasteiger partial charge on any atom is -0.478 e. The van der Waals surface area contributed by atoms with Crippen LogP contribution in [0.4, 0.5) is 11.4 Å². The molecule has 0 spiro atoms. The normalized spacial score (nSPS) is 12.6. The maximum atomic E-state index is 11.6. The van der Waals surface area contributed by atoms with Gasteiger partial charge in [0.1, 0.15) is 0 Å². The molecule has 0 fully saturated rings. The van der Waals surface area contributed by atoms with Crippen molar-refractivity contribution in [3.8, 4) is 0 Å². The third-order valence-electron chi connectivity index (χ3n) is 2.81. The summed E-state index contributed by atoms with van der Waals surface area (Å²) in [5.74, 6) is -1.47. The highest BCUT2D eigenvalue weighted by Gasteiger charge is 2.13. The summed E-state index contributed by atoms with van der Waals surface area (Å²) in [6, 6.07) is 15.0. The molecule has 0 bridgehead atoms. The standard InChI is InChI=1S/C16H14N4O3/c1-11(21)15(19-17-12-7-3-2-4-8-12)20-18-14-10-6-5-9-13(14)16(22)23/h2-10,15H,1H3,(H,22,23). The van der Waals surface area contributed by atoms with E-state index in [2.05, 4.69) is 20.5 Å². The number of benzene rings is 2. The van der Waals surface area contributed by atoms with Crippen molar-refractivity contribution < 1.29 is 14.7 Å². The summed E-state index contributed by atoms with van der Waals surface area (Å²) >= 11 is 0. The first-order valence-corrected chi connectivity index (χ1v) is 6.77. The summed E-state index contributed by atoms with van der Waals surface area (Å²) < 4.78 is 0. The highest BCUT2D eigenvalue weighted by molar-refractivity contribution is 5.93. The molecule has 0 amide bonds. The topological polar surface area (TPSA) is 104 Å². The Morgan fingerprint density at radius 2 is 1.52 bits per heavy atom. The van der Waals surface area contributed by atoms with E-state index in [9.17, 15) is 9.59 Å². The number of azo groups is 2. The number of hydrogen-bond donors (Lipinski definition) is 1. The number of carboxylic acid groups (broad SMARTS) is 1. The lowest BCUT2D eigenvalue weighted by Gasteiger charge is -2.02. The molecular formula is C16H14N4O3. The number of carbonyl (C=O) groups excluding carboxylic acids is 1. The van der Waals surface area contributed by atoms with Gasteiger partial charge in [-0.2, -0.15) is 20.5 Å². The summed E-state index contributed by atoms with van der Waals surface area (Å²) in [6.07, 6.45) is -1.11. The van der Waals surface area contributed by atoms with E-state index < -0.39 is 12.1 Å². The maximum Gasteiger partial charge on any atom is 0.337 e. The number of ketones is 1. The lowest BCUT2D eigenvalue weighted by molar-refractivity contribution is -0.118. The zero-order valence-corrected chi connectivity index (χ0v) is 12.3. The van der Waals surface area contributed by atoms with Gasteiger partial charge in [0.15, 0.2) is 5.78 Å². The van der Waals surface area contributed by atoms with Crippen LogP contribution in [0.15, 0.2) is 75.1 Å². The maximum absolute atomic E-state index is 11.6. The lowest BCUT2D eigenvalue weighted by atomic mass is 10.2. The van der Waals surface area contributed by atoms with Crippen LogP contribution in [-0.4, -0.2) is 23.0 Å².